The van der Waals surface area contributed by atoms with Crippen molar-refractivity contribution in [2.75, 3.05) is 6.61 Å². The van der Waals surface area contributed by atoms with Crippen LogP contribution in [0, 0.1) is 17.7 Å². The lowest BCUT2D eigenvalue weighted by molar-refractivity contribution is 0.350. The van der Waals surface area contributed by atoms with E-state index in [9.17, 15) is 12.8 Å². The van der Waals surface area contributed by atoms with Gasteiger partial charge in [-0.2, -0.15) is 0 Å². The van der Waals surface area contributed by atoms with Crippen molar-refractivity contribution in [3.05, 3.63) is 29.6 Å². The van der Waals surface area contributed by atoms with Gasteiger partial charge >= 0.3 is 0 Å². The minimum Gasteiger partial charge on any atom is -0.384 e. The molecule has 4 nitrogen and oxygen atoms in total. The van der Waals surface area contributed by atoms with Crippen LogP contribution >= 0.6 is 0 Å². The molecule has 18 heavy (non-hydrogen) atoms. The predicted octanol–water partition coefficient (Wildman–Crippen LogP) is 0.856. The van der Waals surface area contributed by atoms with Crippen LogP contribution in [0.15, 0.2) is 23.1 Å². The van der Waals surface area contributed by atoms with Gasteiger partial charge in [0.1, 0.15) is 17.3 Å². The quantitative estimate of drug-likeness (QED) is 0.801. The Balaban J connectivity index is 3.13. The Morgan fingerprint density at radius 1 is 1.44 bits per heavy atom. The molecule has 1 rings (SSSR count). The second kappa shape index (κ2) is 5.96. The number of sulfonamides is 1. The molecule has 0 radical (unpaired) electrons. The van der Waals surface area contributed by atoms with Gasteiger partial charge in [0.05, 0.1) is 0 Å². The molecule has 0 saturated heterocycles. The van der Waals surface area contributed by atoms with Crippen molar-refractivity contribution in [2.45, 2.75) is 24.8 Å². The van der Waals surface area contributed by atoms with Gasteiger partial charge in [-0.1, -0.05) is 11.8 Å². The number of benzene rings is 1. The minimum absolute atomic E-state index is 0.310. The summed E-state index contributed by atoms with van der Waals surface area (Å²) in [5, 5.41) is 8.51. The first-order valence-electron chi connectivity index (χ1n) is 5.28. The van der Waals surface area contributed by atoms with Crippen LogP contribution in [0.2, 0.25) is 0 Å². The highest BCUT2D eigenvalue weighted by molar-refractivity contribution is 7.89. The zero-order valence-electron chi connectivity index (χ0n) is 10.1. The monoisotopic (exact) mass is 271 g/mol. The maximum Gasteiger partial charge on any atom is 0.243 e. The van der Waals surface area contributed by atoms with Crippen LogP contribution < -0.4 is 4.72 Å². The van der Waals surface area contributed by atoms with E-state index in [4.69, 9.17) is 5.11 Å². The molecule has 0 saturated carbocycles. The Labute approximate surface area is 106 Å². The molecule has 1 aromatic rings. The van der Waals surface area contributed by atoms with E-state index in [1.807, 2.05) is 0 Å². The van der Waals surface area contributed by atoms with Crippen LogP contribution in [0.25, 0.3) is 0 Å². The number of halogens is 1. The second-order valence-electron chi connectivity index (χ2n) is 3.88. The van der Waals surface area contributed by atoms with Gasteiger partial charge in [0.2, 0.25) is 10.0 Å². The molecule has 0 atom stereocenters. The lowest BCUT2D eigenvalue weighted by atomic mass is 10.2. The molecule has 0 fully saturated rings. The standard InChI is InChI=1S/C12H14FNO3S/c1-9(2)14-18(16,17)12-6-5-10(4-3-7-15)8-11(12)13/h5-6,8-9,14-15H,7H2,1-2H3. The molecule has 0 bridgehead atoms. The van der Waals surface area contributed by atoms with Crippen molar-refractivity contribution >= 4 is 10.0 Å². The van der Waals surface area contributed by atoms with Gasteiger partial charge in [0, 0.05) is 11.6 Å². The van der Waals surface area contributed by atoms with Crippen LogP contribution in [-0.2, 0) is 10.0 Å². The molecule has 2 N–H and O–H groups in total. The molecule has 0 heterocycles. The molecular weight excluding hydrogens is 257 g/mol. The Morgan fingerprint density at radius 3 is 2.61 bits per heavy atom. The van der Waals surface area contributed by atoms with Crippen LogP contribution in [-0.4, -0.2) is 26.2 Å². The van der Waals surface area contributed by atoms with E-state index in [2.05, 4.69) is 16.6 Å². The zero-order chi connectivity index (χ0) is 13.8. The van der Waals surface area contributed by atoms with Gasteiger partial charge < -0.3 is 5.11 Å². The third-order valence-electron chi connectivity index (χ3n) is 1.92. The first-order chi connectivity index (χ1) is 8.36. The maximum absolute atomic E-state index is 13.7. The van der Waals surface area contributed by atoms with E-state index in [0.717, 1.165) is 12.1 Å². The van der Waals surface area contributed by atoms with Crippen LogP contribution in [0.3, 0.4) is 0 Å². The highest BCUT2D eigenvalue weighted by atomic mass is 32.2. The van der Waals surface area contributed by atoms with E-state index < -0.39 is 20.7 Å². The Morgan fingerprint density at radius 2 is 2.11 bits per heavy atom. The Hall–Kier alpha value is -1.42. The first kappa shape index (κ1) is 14.6. The third kappa shape index (κ3) is 3.81. The fourth-order valence-corrected chi connectivity index (χ4v) is 2.62. The molecule has 98 valence electrons. The number of hydrogen-bond acceptors (Lipinski definition) is 3. The van der Waals surface area contributed by atoms with E-state index in [-0.39, 0.29) is 12.6 Å². The van der Waals surface area contributed by atoms with E-state index in [1.165, 1.54) is 6.07 Å². The summed E-state index contributed by atoms with van der Waals surface area (Å²) in [4.78, 5) is -0.411. The van der Waals surface area contributed by atoms with Crippen molar-refractivity contribution in [1.29, 1.82) is 0 Å². The normalized spacial score (nSPS) is 11.2. The summed E-state index contributed by atoms with van der Waals surface area (Å²) >= 11 is 0. The summed E-state index contributed by atoms with van der Waals surface area (Å²) in [5.41, 5.74) is 0.310. The molecule has 1 aromatic carbocycles. The van der Waals surface area contributed by atoms with Crippen molar-refractivity contribution in [3.8, 4) is 11.8 Å². The summed E-state index contributed by atoms with van der Waals surface area (Å²) < 4.78 is 39.5. The SMILES string of the molecule is CC(C)NS(=O)(=O)c1ccc(C#CCO)cc1F. The Bertz CT molecular complexity index is 585. The van der Waals surface area contributed by atoms with Gasteiger partial charge in [-0.05, 0) is 32.0 Å². The fraction of sp³-hybridized carbons (Fsp3) is 0.333. The topological polar surface area (TPSA) is 66.4 Å². The van der Waals surface area contributed by atoms with Gasteiger partial charge in [-0.15, -0.1) is 0 Å². The van der Waals surface area contributed by atoms with Crippen LogP contribution in [0.5, 0.6) is 0 Å². The molecular formula is C12H14FNO3S. The molecule has 0 unspecified atom stereocenters. The predicted molar refractivity (Wildman–Crippen MR) is 65.8 cm³/mol. The third-order valence-corrected chi connectivity index (χ3v) is 3.62. The second-order valence-corrected chi connectivity index (χ2v) is 5.56. The van der Waals surface area contributed by atoms with Crippen molar-refractivity contribution < 1.29 is 17.9 Å². The van der Waals surface area contributed by atoms with Crippen LogP contribution in [0.4, 0.5) is 4.39 Å². The number of hydrogen-bond donors (Lipinski definition) is 2. The summed E-state index contributed by atoms with van der Waals surface area (Å²) in [6, 6.07) is 3.25. The van der Waals surface area contributed by atoms with Gasteiger partial charge in [0.15, 0.2) is 0 Å². The van der Waals surface area contributed by atoms with Gasteiger partial charge in [-0.25, -0.2) is 17.5 Å². The first-order valence-corrected chi connectivity index (χ1v) is 6.76. The maximum atomic E-state index is 13.7. The lowest BCUT2D eigenvalue weighted by Crippen LogP contribution is -2.30. The molecule has 0 amide bonds. The largest absolute Gasteiger partial charge is 0.384 e. The zero-order valence-corrected chi connectivity index (χ0v) is 10.9. The number of rotatable bonds is 3. The highest BCUT2D eigenvalue weighted by Gasteiger charge is 2.19. The average molecular weight is 271 g/mol. The summed E-state index contributed by atoms with van der Waals surface area (Å²) in [6.07, 6.45) is 0. The number of aliphatic hydroxyl groups is 1. The fourth-order valence-electron chi connectivity index (χ4n) is 1.31. The molecule has 0 aliphatic heterocycles. The van der Waals surface area contributed by atoms with E-state index in [1.54, 1.807) is 13.8 Å². The molecule has 6 heteroatoms. The van der Waals surface area contributed by atoms with E-state index >= 15 is 0 Å². The average Bonchev–Trinajstić information content (AvgIpc) is 2.24. The Kier molecular flexibility index (Phi) is 4.84. The van der Waals surface area contributed by atoms with Crippen molar-refractivity contribution in [1.82, 2.24) is 4.72 Å². The summed E-state index contributed by atoms with van der Waals surface area (Å²) in [5.74, 6) is 3.99. The van der Waals surface area contributed by atoms with Gasteiger partial charge in [0.25, 0.3) is 0 Å². The number of aliphatic hydroxyl groups excluding tert-OH is 1. The number of nitrogens with one attached hydrogen (secondary N) is 1. The van der Waals surface area contributed by atoms with Crippen molar-refractivity contribution in [2.24, 2.45) is 0 Å². The minimum atomic E-state index is -3.85. The molecule has 0 spiro atoms. The summed E-state index contributed by atoms with van der Waals surface area (Å²) in [7, 11) is -3.85. The smallest absolute Gasteiger partial charge is 0.243 e. The summed E-state index contributed by atoms with van der Waals surface area (Å²) in [6.45, 7) is 2.96. The molecule has 0 aliphatic rings. The lowest BCUT2D eigenvalue weighted by Gasteiger charge is -2.10. The van der Waals surface area contributed by atoms with Crippen molar-refractivity contribution in [3.63, 3.8) is 0 Å². The molecule has 0 aromatic heterocycles. The van der Waals surface area contributed by atoms with Crippen LogP contribution in [0.1, 0.15) is 19.4 Å². The van der Waals surface area contributed by atoms with Gasteiger partial charge in [-0.3, -0.25) is 0 Å². The highest BCUT2D eigenvalue weighted by Crippen LogP contribution is 2.16. The van der Waals surface area contributed by atoms with E-state index in [0.29, 0.717) is 5.56 Å². The molecule has 0 aliphatic carbocycles.